The Bertz CT molecular complexity index is 1010. The third-order valence-corrected chi connectivity index (χ3v) is 4.73. The summed E-state index contributed by atoms with van der Waals surface area (Å²) in [6.07, 6.45) is 0.667. The zero-order chi connectivity index (χ0) is 21.7. The Labute approximate surface area is 174 Å². The molecule has 0 saturated carbocycles. The highest BCUT2D eigenvalue weighted by Crippen LogP contribution is 2.36. The van der Waals surface area contributed by atoms with Crippen LogP contribution in [0, 0.1) is 0 Å². The van der Waals surface area contributed by atoms with E-state index in [1.807, 2.05) is 6.07 Å². The van der Waals surface area contributed by atoms with Crippen molar-refractivity contribution in [3.8, 4) is 28.6 Å². The highest BCUT2D eigenvalue weighted by Gasteiger charge is 2.22. The summed E-state index contributed by atoms with van der Waals surface area (Å²) >= 11 is 0. The molecule has 30 heavy (non-hydrogen) atoms. The number of carbonyl (C=O) groups is 1. The number of carbonyl (C=O) groups excluding carboxylic acids is 1. The molecule has 0 amide bonds. The van der Waals surface area contributed by atoms with Gasteiger partial charge in [0.2, 0.25) is 0 Å². The Morgan fingerprint density at radius 2 is 1.80 bits per heavy atom. The number of aliphatic hydroxyl groups is 2. The Morgan fingerprint density at radius 3 is 2.40 bits per heavy atom. The number of hydrogen-bond donors (Lipinski definition) is 2. The molecule has 158 valence electrons. The Morgan fingerprint density at radius 1 is 1.03 bits per heavy atom. The molecule has 7 heteroatoms. The summed E-state index contributed by atoms with van der Waals surface area (Å²) in [5.41, 5.74) is 1.97. The minimum atomic E-state index is -0.995. The van der Waals surface area contributed by atoms with Gasteiger partial charge in [0, 0.05) is 23.1 Å². The minimum absolute atomic E-state index is 0.0979. The van der Waals surface area contributed by atoms with Gasteiger partial charge in [-0.25, -0.2) is 0 Å². The third-order valence-electron chi connectivity index (χ3n) is 4.73. The van der Waals surface area contributed by atoms with Gasteiger partial charge in [0.05, 0.1) is 45.9 Å². The van der Waals surface area contributed by atoms with Gasteiger partial charge in [-0.05, 0) is 42.5 Å². The Kier molecular flexibility index (Phi) is 6.76. The molecule has 1 heterocycles. The maximum Gasteiger partial charge on any atom is 0.196 e. The molecule has 3 rings (SSSR count). The van der Waals surface area contributed by atoms with Crippen LogP contribution < -0.4 is 14.2 Å². The van der Waals surface area contributed by atoms with Gasteiger partial charge in [0.15, 0.2) is 17.3 Å². The number of benzene rings is 2. The zero-order valence-electron chi connectivity index (χ0n) is 17.0. The number of ketones is 1. The highest BCUT2D eigenvalue weighted by atomic mass is 16.5. The first-order valence-electron chi connectivity index (χ1n) is 9.32. The van der Waals surface area contributed by atoms with Crippen LogP contribution in [0.2, 0.25) is 0 Å². The van der Waals surface area contributed by atoms with E-state index in [4.69, 9.17) is 18.6 Å². The fraction of sp³-hybridized carbons (Fsp3) is 0.261. The van der Waals surface area contributed by atoms with Gasteiger partial charge in [-0.1, -0.05) is 0 Å². The number of rotatable bonds is 9. The second kappa shape index (κ2) is 9.47. The molecule has 3 aromatic rings. The van der Waals surface area contributed by atoms with Gasteiger partial charge in [-0.3, -0.25) is 4.79 Å². The van der Waals surface area contributed by atoms with Crippen LogP contribution >= 0.6 is 0 Å². The maximum absolute atomic E-state index is 13.4. The monoisotopic (exact) mass is 412 g/mol. The van der Waals surface area contributed by atoms with Crippen LogP contribution in [0.4, 0.5) is 0 Å². The van der Waals surface area contributed by atoms with Crippen molar-refractivity contribution in [2.75, 3.05) is 27.9 Å². The lowest BCUT2D eigenvalue weighted by Gasteiger charge is -2.17. The van der Waals surface area contributed by atoms with Gasteiger partial charge < -0.3 is 28.8 Å². The van der Waals surface area contributed by atoms with Crippen molar-refractivity contribution in [1.82, 2.24) is 0 Å². The van der Waals surface area contributed by atoms with Crippen molar-refractivity contribution in [2.24, 2.45) is 0 Å². The summed E-state index contributed by atoms with van der Waals surface area (Å²) in [6, 6.07) is 12.0. The average molecular weight is 412 g/mol. The lowest BCUT2D eigenvalue weighted by molar-refractivity contribution is 0.0947. The standard InChI is InChI=1S/C23H24O7/c1-27-20-7-6-14(19-5-4-8-30-19)11-18(20)22(26)15-9-16(10-17(25)13-24)23(29-3)21(12-15)28-2/h4-9,11-12,17,24-25H,10,13H2,1-3H3. The lowest BCUT2D eigenvalue weighted by Crippen LogP contribution is -2.16. The Balaban J connectivity index is 2.10. The molecule has 2 aromatic carbocycles. The molecule has 0 fully saturated rings. The van der Waals surface area contributed by atoms with E-state index in [2.05, 4.69) is 0 Å². The van der Waals surface area contributed by atoms with Crippen molar-refractivity contribution in [3.63, 3.8) is 0 Å². The fourth-order valence-electron chi connectivity index (χ4n) is 3.28. The fourth-order valence-corrected chi connectivity index (χ4v) is 3.28. The van der Waals surface area contributed by atoms with Gasteiger partial charge in [-0.2, -0.15) is 0 Å². The Hall–Kier alpha value is -3.29. The van der Waals surface area contributed by atoms with Crippen molar-refractivity contribution in [2.45, 2.75) is 12.5 Å². The summed E-state index contributed by atoms with van der Waals surface area (Å²) in [5.74, 6) is 1.51. The van der Waals surface area contributed by atoms with E-state index in [-0.39, 0.29) is 12.2 Å². The van der Waals surface area contributed by atoms with E-state index < -0.39 is 12.7 Å². The third kappa shape index (κ3) is 4.32. The summed E-state index contributed by atoms with van der Waals surface area (Å²) in [5, 5.41) is 19.1. The SMILES string of the molecule is COc1ccc(-c2ccco2)cc1C(=O)c1cc(CC(O)CO)c(OC)c(OC)c1. The van der Waals surface area contributed by atoms with E-state index in [1.54, 1.807) is 42.7 Å². The molecule has 0 spiro atoms. The van der Waals surface area contributed by atoms with Crippen LogP contribution in [0.5, 0.6) is 17.2 Å². The van der Waals surface area contributed by atoms with Crippen LogP contribution in [-0.2, 0) is 6.42 Å². The maximum atomic E-state index is 13.4. The van der Waals surface area contributed by atoms with Gasteiger partial charge in [0.1, 0.15) is 11.5 Å². The molecule has 0 aliphatic rings. The van der Waals surface area contributed by atoms with E-state index in [0.717, 1.165) is 5.56 Å². The number of ether oxygens (including phenoxy) is 3. The van der Waals surface area contributed by atoms with E-state index in [1.165, 1.54) is 21.3 Å². The summed E-state index contributed by atoms with van der Waals surface area (Å²) in [6.45, 7) is -0.414. The van der Waals surface area contributed by atoms with Crippen LogP contribution in [-0.4, -0.2) is 50.0 Å². The normalized spacial score (nSPS) is 11.8. The highest BCUT2D eigenvalue weighted by molar-refractivity contribution is 6.11. The second-order valence-corrected chi connectivity index (χ2v) is 6.63. The summed E-state index contributed by atoms with van der Waals surface area (Å²) in [7, 11) is 4.44. The summed E-state index contributed by atoms with van der Waals surface area (Å²) in [4.78, 5) is 13.4. The first-order valence-corrected chi connectivity index (χ1v) is 9.32. The summed E-state index contributed by atoms with van der Waals surface area (Å²) < 4.78 is 21.6. The average Bonchev–Trinajstić information content (AvgIpc) is 3.32. The van der Waals surface area contributed by atoms with Crippen LogP contribution in [0.3, 0.4) is 0 Å². The smallest absolute Gasteiger partial charge is 0.196 e. The molecule has 0 aliphatic heterocycles. The van der Waals surface area contributed by atoms with Gasteiger partial charge in [0.25, 0.3) is 0 Å². The molecule has 1 unspecified atom stereocenters. The van der Waals surface area contributed by atoms with Crippen LogP contribution in [0.15, 0.2) is 53.1 Å². The molecule has 1 aromatic heterocycles. The molecule has 0 aliphatic carbocycles. The van der Waals surface area contributed by atoms with Crippen molar-refractivity contribution < 1.29 is 33.6 Å². The molecule has 0 bridgehead atoms. The molecule has 0 saturated heterocycles. The first kappa shape index (κ1) is 21.4. The van der Waals surface area contributed by atoms with Crippen molar-refractivity contribution >= 4 is 5.78 Å². The molecule has 1 atom stereocenters. The quantitative estimate of drug-likeness (QED) is 0.521. The molecule has 7 nitrogen and oxygen atoms in total. The minimum Gasteiger partial charge on any atom is -0.496 e. The topological polar surface area (TPSA) is 98.4 Å². The predicted molar refractivity (Wildman–Crippen MR) is 110 cm³/mol. The van der Waals surface area contributed by atoms with E-state index >= 15 is 0 Å². The van der Waals surface area contributed by atoms with Crippen molar-refractivity contribution in [3.05, 3.63) is 65.4 Å². The molecular weight excluding hydrogens is 388 g/mol. The number of hydrogen-bond acceptors (Lipinski definition) is 7. The second-order valence-electron chi connectivity index (χ2n) is 6.63. The predicted octanol–water partition coefficient (Wildman–Crippen LogP) is 3.10. The number of aliphatic hydroxyl groups excluding tert-OH is 2. The largest absolute Gasteiger partial charge is 0.496 e. The number of furan rings is 1. The van der Waals surface area contributed by atoms with E-state index in [0.29, 0.717) is 39.7 Å². The first-order chi connectivity index (χ1) is 14.5. The zero-order valence-corrected chi connectivity index (χ0v) is 17.0. The number of methoxy groups -OCH3 is 3. The van der Waals surface area contributed by atoms with E-state index in [9.17, 15) is 15.0 Å². The lowest BCUT2D eigenvalue weighted by atomic mass is 9.96. The van der Waals surface area contributed by atoms with Gasteiger partial charge in [-0.15, -0.1) is 0 Å². The van der Waals surface area contributed by atoms with Gasteiger partial charge >= 0.3 is 0 Å². The van der Waals surface area contributed by atoms with Crippen LogP contribution in [0.25, 0.3) is 11.3 Å². The molecule has 0 radical (unpaired) electrons. The van der Waals surface area contributed by atoms with Crippen molar-refractivity contribution in [1.29, 1.82) is 0 Å². The molecular formula is C23H24O7. The van der Waals surface area contributed by atoms with Crippen LogP contribution in [0.1, 0.15) is 21.5 Å². The molecule has 2 N–H and O–H groups in total.